The molecule has 0 spiro atoms. The molecule has 6 heteroatoms. The number of nitrogens with two attached hydrogens (primary N) is 1. The highest BCUT2D eigenvalue weighted by molar-refractivity contribution is 6.02. The number of Topliss-reactive ketones (excluding diaryl/α,β-unsaturated/α-hetero) is 1. The van der Waals surface area contributed by atoms with Gasteiger partial charge in [-0.05, 0) is 18.6 Å². The van der Waals surface area contributed by atoms with E-state index in [-0.39, 0.29) is 12.4 Å². The fourth-order valence-electron chi connectivity index (χ4n) is 1.73. The van der Waals surface area contributed by atoms with Gasteiger partial charge in [0, 0.05) is 6.07 Å². The number of carbonyl (C=O) groups is 2. The molecule has 0 aliphatic carbocycles. The van der Waals surface area contributed by atoms with Gasteiger partial charge in [0.05, 0.1) is 5.56 Å². The summed E-state index contributed by atoms with van der Waals surface area (Å²) in [4.78, 5) is 22.8. The van der Waals surface area contributed by atoms with Gasteiger partial charge in [0.15, 0.2) is 12.7 Å². The van der Waals surface area contributed by atoms with Crippen molar-refractivity contribution in [2.45, 2.75) is 19.4 Å². The van der Waals surface area contributed by atoms with E-state index in [9.17, 15) is 9.59 Å². The van der Waals surface area contributed by atoms with Gasteiger partial charge in [-0.15, -0.1) is 0 Å². The van der Waals surface area contributed by atoms with Gasteiger partial charge in [0.2, 0.25) is 5.78 Å². The quantitative estimate of drug-likeness (QED) is 0.459. The molecule has 1 atom stereocenters. The van der Waals surface area contributed by atoms with E-state index in [1.165, 1.54) is 0 Å². The minimum atomic E-state index is -0.662. The fraction of sp³-hybridized carbons (Fsp3) is 0.333. The molecule has 1 aromatic rings. The summed E-state index contributed by atoms with van der Waals surface area (Å²) in [6.07, 6.45) is -0.176. The van der Waals surface area contributed by atoms with Crippen molar-refractivity contribution in [1.29, 1.82) is 0 Å². The second-order valence-electron chi connectivity index (χ2n) is 3.89. The summed E-state index contributed by atoms with van der Waals surface area (Å²) in [5.41, 5.74) is 2.59. The minimum Gasteiger partial charge on any atom is -0.485 e. The molecule has 0 saturated heterocycles. The number of ether oxygens (including phenoxy) is 2. The first-order valence-electron chi connectivity index (χ1n) is 5.63. The zero-order valence-electron chi connectivity index (χ0n) is 9.93. The SMILES string of the molecule is CCC(Oc1ccc2c(c1)OCC2=O)C(=O)NN. The van der Waals surface area contributed by atoms with Gasteiger partial charge in [-0.3, -0.25) is 15.0 Å². The lowest BCUT2D eigenvalue weighted by Gasteiger charge is -2.16. The van der Waals surface area contributed by atoms with Crippen molar-refractivity contribution in [2.75, 3.05) is 6.61 Å². The van der Waals surface area contributed by atoms with Gasteiger partial charge in [-0.25, -0.2) is 5.84 Å². The average Bonchev–Trinajstić information content (AvgIpc) is 2.76. The number of fused-ring (bicyclic) bond motifs is 1. The number of benzene rings is 1. The van der Waals surface area contributed by atoms with Crippen molar-refractivity contribution < 1.29 is 19.1 Å². The summed E-state index contributed by atoms with van der Waals surface area (Å²) >= 11 is 0. The largest absolute Gasteiger partial charge is 0.485 e. The molecule has 2 rings (SSSR count). The maximum absolute atomic E-state index is 11.4. The fourth-order valence-corrected chi connectivity index (χ4v) is 1.73. The monoisotopic (exact) mass is 250 g/mol. The van der Waals surface area contributed by atoms with Crippen molar-refractivity contribution in [3.63, 3.8) is 0 Å². The van der Waals surface area contributed by atoms with Crippen LogP contribution in [0.2, 0.25) is 0 Å². The third kappa shape index (κ3) is 2.28. The Hall–Kier alpha value is -2.08. The lowest BCUT2D eigenvalue weighted by molar-refractivity contribution is -0.128. The number of hydrogen-bond acceptors (Lipinski definition) is 5. The second-order valence-corrected chi connectivity index (χ2v) is 3.89. The van der Waals surface area contributed by atoms with E-state index in [1.807, 2.05) is 12.3 Å². The third-order valence-corrected chi connectivity index (χ3v) is 2.70. The summed E-state index contributed by atoms with van der Waals surface area (Å²) in [7, 11) is 0. The predicted octanol–water partition coefficient (Wildman–Crippen LogP) is 0.409. The molecule has 6 nitrogen and oxygen atoms in total. The van der Waals surface area contributed by atoms with Gasteiger partial charge in [0.1, 0.15) is 11.5 Å². The maximum atomic E-state index is 11.4. The number of carbonyl (C=O) groups excluding carboxylic acids is 2. The number of ketones is 1. The van der Waals surface area contributed by atoms with Crippen molar-refractivity contribution in [3.8, 4) is 11.5 Å². The lowest BCUT2D eigenvalue weighted by atomic mass is 10.1. The summed E-state index contributed by atoms with van der Waals surface area (Å²) in [6.45, 7) is 1.87. The Bertz CT molecular complexity index is 487. The van der Waals surface area contributed by atoms with E-state index < -0.39 is 12.0 Å². The van der Waals surface area contributed by atoms with Gasteiger partial charge < -0.3 is 9.47 Å². The molecule has 0 bridgehead atoms. The molecule has 1 aliphatic rings. The first-order valence-corrected chi connectivity index (χ1v) is 5.63. The first-order chi connectivity index (χ1) is 8.65. The molecule has 0 saturated carbocycles. The third-order valence-electron chi connectivity index (χ3n) is 2.70. The van der Waals surface area contributed by atoms with E-state index in [0.29, 0.717) is 23.5 Å². The standard InChI is InChI=1S/C12H14N2O4/c1-2-10(12(16)14-13)18-7-3-4-8-9(15)6-17-11(8)5-7/h3-5,10H,2,6,13H2,1H3,(H,14,16). The summed E-state index contributed by atoms with van der Waals surface area (Å²) in [5, 5.41) is 0. The van der Waals surface area contributed by atoms with E-state index >= 15 is 0 Å². The van der Waals surface area contributed by atoms with Gasteiger partial charge in [-0.1, -0.05) is 6.92 Å². The number of amides is 1. The highest BCUT2D eigenvalue weighted by Crippen LogP contribution is 2.30. The zero-order valence-corrected chi connectivity index (χ0v) is 9.93. The Labute approximate surface area is 104 Å². The molecule has 0 aromatic heterocycles. The number of hydrogen-bond donors (Lipinski definition) is 2. The molecule has 1 aliphatic heterocycles. The summed E-state index contributed by atoms with van der Waals surface area (Å²) in [6, 6.07) is 4.87. The van der Waals surface area contributed by atoms with E-state index in [4.69, 9.17) is 15.3 Å². The number of hydrazine groups is 1. The highest BCUT2D eigenvalue weighted by atomic mass is 16.5. The molecule has 3 N–H and O–H groups in total. The van der Waals surface area contributed by atoms with E-state index in [0.717, 1.165) is 0 Å². The van der Waals surface area contributed by atoms with Crippen LogP contribution < -0.4 is 20.7 Å². The predicted molar refractivity (Wildman–Crippen MR) is 63.3 cm³/mol. The Morgan fingerprint density at radius 3 is 3.06 bits per heavy atom. The Balaban J connectivity index is 2.15. The highest BCUT2D eigenvalue weighted by Gasteiger charge is 2.23. The van der Waals surface area contributed by atoms with Crippen molar-refractivity contribution in [1.82, 2.24) is 5.43 Å². The van der Waals surface area contributed by atoms with Crippen LogP contribution in [0.1, 0.15) is 23.7 Å². The van der Waals surface area contributed by atoms with Gasteiger partial charge in [-0.2, -0.15) is 0 Å². The van der Waals surface area contributed by atoms with Crippen molar-refractivity contribution in [3.05, 3.63) is 23.8 Å². The topological polar surface area (TPSA) is 90.6 Å². The molecule has 1 unspecified atom stereocenters. The van der Waals surface area contributed by atoms with Crippen LogP contribution in [0.5, 0.6) is 11.5 Å². The normalized spacial score (nSPS) is 14.7. The van der Waals surface area contributed by atoms with Crippen molar-refractivity contribution >= 4 is 11.7 Å². The molecule has 1 amide bonds. The molecule has 1 heterocycles. The zero-order chi connectivity index (χ0) is 13.1. The van der Waals surface area contributed by atoms with Crippen molar-refractivity contribution in [2.24, 2.45) is 5.84 Å². The number of rotatable bonds is 4. The van der Waals surface area contributed by atoms with Gasteiger partial charge >= 0.3 is 0 Å². The Morgan fingerprint density at radius 2 is 2.39 bits per heavy atom. The molecule has 18 heavy (non-hydrogen) atoms. The molecule has 0 fully saturated rings. The molecular formula is C12H14N2O4. The van der Waals surface area contributed by atoms with Crippen LogP contribution in [-0.2, 0) is 4.79 Å². The van der Waals surface area contributed by atoms with Crippen LogP contribution >= 0.6 is 0 Å². The van der Waals surface area contributed by atoms with E-state index in [2.05, 4.69) is 0 Å². The smallest absolute Gasteiger partial charge is 0.274 e. The van der Waals surface area contributed by atoms with E-state index in [1.54, 1.807) is 18.2 Å². The van der Waals surface area contributed by atoms with Crippen LogP contribution in [0.4, 0.5) is 0 Å². The number of nitrogens with one attached hydrogen (secondary N) is 1. The molecule has 96 valence electrons. The summed E-state index contributed by atoms with van der Waals surface area (Å²) in [5.74, 6) is 5.57. The molecule has 1 aromatic carbocycles. The van der Waals surface area contributed by atoms with Crippen LogP contribution in [0.15, 0.2) is 18.2 Å². The average molecular weight is 250 g/mol. The molecule has 0 radical (unpaired) electrons. The van der Waals surface area contributed by atoms with Crippen LogP contribution in [0, 0.1) is 0 Å². The van der Waals surface area contributed by atoms with Crippen LogP contribution in [0.3, 0.4) is 0 Å². The lowest BCUT2D eigenvalue weighted by Crippen LogP contribution is -2.41. The Kier molecular flexibility index (Phi) is 3.47. The van der Waals surface area contributed by atoms with Crippen LogP contribution in [-0.4, -0.2) is 24.4 Å². The molecular weight excluding hydrogens is 236 g/mol. The Morgan fingerprint density at radius 1 is 1.61 bits per heavy atom. The van der Waals surface area contributed by atoms with Gasteiger partial charge in [0.25, 0.3) is 5.91 Å². The maximum Gasteiger partial charge on any atom is 0.274 e. The first kappa shape index (κ1) is 12.4. The second kappa shape index (κ2) is 5.05. The summed E-state index contributed by atoms with van der Waals surface area (Å²) < 4.78 is 10.7. The van der Waals surface area contributed by atoms with Crippen LogP contribution in [0.25, 0.3) is 0 Å². The minimum absolute atomic E-state index is 0.0525.